The van der Waals surface area contributed by atoms with E-state index in [-0.39, 0.29) is 18.6 Å². The van der Waals surface area contributed by atoms with Crippen molar-refractivity contribution in [2.24, 2.45) is 5.92 Å². The molecule has 0 bridgehead atoms. The van der Waals surface area contributed by atoms with Crippen molar-refractivity contribution in [1.29, 1.82) is 0 Å². The minimum absolute atomic E-state index is 0.102. The maximum Gasteiger partial charge on any atom is 0.419 e. The van der Waals surface area contributed by atoms with E-state index >= 15 is 0 Å². The zero-order valence-corrected chi connectivity index (χ0v) is 16.0. The first kappa shape index (κ1) is 18.7. The molecule has 0 saturated carbocycles. The number of carbonyl (C=O) groups is 1. The van der Waals surface area contributed by atoms with E-state index in [2.05, 4.69) is 30.2 Å². The van der Waals surface area contributed by atoms with Crippen LogP contribution < -0.4 is 0 Å². The molecule has 1 aliphatic rings. The first-order chi connectivity index (χ1) is 12.3. The SMILES string of the molecule is CN1CCc2cn(C(=O)OC(C)(C)C)c3cccc(c23)/C=C/C(CO)C1. The molecule has 0 spiro atoms. The molecular weight excluding hydrogens is 328 g/mol. The highest BCUT2D eigenvalue weighted by Crippen LogP contribution is 2.29. The van der Waals surface area contributed by atoms with E-state index < -0.39 is 5.60 Å². The number of aromatic nitrogens is 1. The molecule has 3 rings (SSSR count). The first-order valence-electron chi connectivity index (χ1n) is 9.12. The summed E-state index contributed by atoms with van der Waals surface area (Å²) >= 11 is 0. The quantitative estimate of drug-likeness (QED) is 0.849. The lowest BCUT2D eigenvalue weighted by molar-refractivity contribution is 0.0544. The fourth-order valence-corrected chi connectivity index (χ4v) is 3.41. The van der Waals surface area contributed by atoms with Gasteiger partial charge < -0.3 is 14.7 Å². The van der Waals surface area contributed by atoms with Crippen molar-refractivity contribution in [3.05, 3.63) is 41.6 Å². The van der Waals surface area contributed by atoms with Crippen molar-refractivity contribution in [2.45, 2.75) is 32.8 Å². The number of likely N-dealkylation sites (N-methyl/N-ethyl adjacent to an activating group) is 1. The zero-order chi connectivity index (χ0) is 18.9. The minimum atomic E-state index is -0.539. The number of carbonyl (C=O) groups excluding carboxylic acids is 1. The first-order valence-corrected chi connectivity index (χ1v) is 9.12. The van der Waals surface area contributed by atoms with Gasteiger partial charge in [0, 0.05) is 30.6 Å². The van der Waals surface area contributed by atoms with Crippen LogP contribution in [0.1, 0.15) is 31.9 Å². The van der Waals surface area contributed by atoms with Crippen LogP contribution in [0.3, 0.4) is 0 Å². The van der Waals surface area contributed by atoms with E-state index in [0.29, 0.717) is 0 Å². The molecule has 1 aliphatic heterocycles. The number of rotatable bonds is 1. The van der Waals surface area contributed by atoms with E-state index in [4.69, 9.17) is 4.74 Å². The summed E-state index contributed by atoms with van der Waals surface area (Å²) in [5, 5.41) is 10.7. The average molecular weight is 356 g/mol. The molecule has 2 aromatic rings. The van der Waals surface area contributed by atoms with E-state index in [0.717, 1.165) is 41.5 Å². The third kappa shape index (κ3) is 4.00. The number of hydrogen-bond donors (Lipinski definition) is 1. The second-order valence-corrected chi connectivity index (χ2v) is 8.06. The molecule has 140 valence electrons. The van der Waals surface area contributed by atoms with Gasteiger partial charge in [0.05, 0.1) is 12.1 Å². The largest absolute Gasteiger partial charge is 0.443 e. The Morgan fingerprint density at radius 3 is 2.81 bits per heavy atom. The summed E-state index contributed by atoms with van der Waals surface area (Å²) < 4.78 is 7.20. The van der Waals surface area contributed by atoms with E-state index in [1.165, 1.54) is 0 Å². The van der Waals surface area contributed by atoms with Crippen LogP contribution in [0.4, 0.5) is 4.79 Å². The average Bonchev–Trinajstić information content (AvgIpc) is 2.94. The number of benzene rings is 1. The Morgan fingerprint density at radius 1 is 1.35 bits per heavy atom. The molecule has 5 nitrogen and oxygen atoms in total. The lowest BCUT2D eigenvalue weighted by atomic mass is 10.00. The maximum atomic E-state index is 12.7. The Bertz CT molecular complexity index is 830. The second kappa shape index (κ2) is 7.25. The molecule has 0 aliphatic carbocycles. The number of nitrogens with zero attached hydrogens (tertiary/aromatic N) is 2. The van der Waals surface area contributed by atoms with Gasteiger partial charge in [0.2, 0.25) is 0 Å². The molecule has 0 amide bonds. The topological polar surface area (TPSA) is 54.7 Å². The van der Waals surface area contributed by atoms with E-state index in [9.17, 15) is 9.90 Å². The Balaban J connectivity index is 2.11. The molecule has 0 saturated heterocycles. The fourth-order valence-electron chi connectivity index (χ4n) is 3.41. The summed E-state index contributed by atoms with van der Waals surface area (Å²) in [5.41, 5.74) is 2.53. The predicted molar refractivity (Wildman–Crippen MR) is 104 cm³/mol. The van der Waals surface area contributed by atoms with Crippen LogP contribution in [0.25, 0.3) is 17.0 Å². The van der Waals surface area contributed by atoms with Gasteiger partial charge in [-0.15, -0.1) is 0 Å². The van der Waals surface area contributed by atoms with Gasteiger partial charge in [-0.2, -0.15) is 0 Å². The molecule has 1 unspecified atom stereocenters. The minimum Gasteiger partial charge on any atom is -0.443 e. The van der Waals surface area contributed by atoms with Crippen LogP contribution in [0.5, 0.6) is 0 Å². The molecule has 0 fully saturated rings. The van der Waals surface area contributed by atoms with Crippen molar-refractivity contribution in [1.82, 2.24) is 9.47 Å². The van der Waals surface area contributed by atoms with Gasteiger partial charge in [0.25, 0.3) is 0 Å². The molecule has 1 aromatic carbocycles. The second-order valence-electron chi connectivity index (χ2n) is 8.06. The summed E-state index contributed by atoms with van der Waals surface area (Å²) in [7, 11) is 2.06. The van der Waals surface area contributed by atoms with Gasteiger partial charge in [0.15, 0.2) is 0 Å². The van der Waals surface area contributed by atoms with Gasteiger partial charge in [0.1, 0.15) is 5.60 Å². The number of aliphatic hydroxyl groups excluding tert-OH is 1. The Kier molecular flexibility index (Phi) is 5.21. The number of ether oxygens (including phenoxy) is 1. The van der Waals surface area contributed by atoms with Gasteiger partial charge in [-0.1, -0.05) is 24.3 Å². The van der Waals surface area contributed by atoms with Gasteiger partial charge in [-0.3, -0.25) is 4.57 Å². The molecule has 2 heterocycles. The Hall–Kier alpha value is -2.11. The van der Waals surface area contributed by atoms with Crippen LogP contribution in [0, 0.1) is 5.92 Å². The monoisotopic (exact) mass is 356 g/mol. The van der Waals surface area contributed by atoms with Gasteiger partial charge in [-0.25, -0.2) is 4.79 Å². The summed E-state index contributed by atoms with van der Waals surface area (Å²) in [6.45, 7) is 7.42. The summed E-state index contributed by atoms with van der Waals surface area (Å²) in [5.74, 6) is 0.102. The van der Waals surface area contributed by atoms with Crippen molar-refractivity contribution in [3.8, 4) is 0 Å². The summed E-state index contributed by atoms with van der Waals surface area (Å²) in [4.78, 5) is 14.9. The molecule has 26 heavy (non-hydrogen) atoms. The zero-order valence-electron chi connectivity index (χ0n) is 16.0. The highest BCUT2D eigenvalue weighted by atomic mass is 16.6. The van der Waals surface area contributed by atoms with Crippen molar-refractivity contribution >= 4 is 23.1 Å². The van der Waals surface area contributed by atoms with E-state index in [1.807, 2.05) is 39.1 Å². The van der Waals surface area contributed by atoms with Crippen molar-refractivity contribution < 1.29 is 14.6 Å². The third-order valence-electron chi connectivity index (χ3n) is 4.62. The van der Waals surface area contributed by atoms with Gasteiger partial charge >= 0.3 is 6.09 Å². The molecular formula is C21H28N2O3. The standard InChI is InChI=1S/C21H28N2O3/c1-21(2,3)26-20(25)23-13-17-10-11-22(4)12-15(14-24)8-9-16-6-5-7-18(23)19(16)17/h5-9,13,15,24H,10-12,14H2,1-4H3/b9-8+. The lowest BCUT2D eigenvalue weighted by Gasteiger charge is -2.21. The van der Waals surface area contributed by atoms with Gasteiger partial charge in [-0.05, 0) is 51.4 Å². The lowest BCUT2D eigenvalue weighted by Crippen LogP contribution is -2.28. The van der Waals surface area contributed by atoms with Crippen LogP contribution in [-0.2, 0) is 11.2 Å². The smallest absolute Gasteiger partial charge is 0.419 e. The van der Waals surface area contributed by atoms with Crippen LogP contribution in [-0.4, -0.2) is 53.0 Å². The molecule has 5 heteroatoms. The maximum absolute atomic E-state index is 12.7. The fraction of sp³-hybridized carbons (Fsp3) is 0.476. The van der Waals surface area contributed by atoms with Crippen LogP contribution in [0.15, 0.2) is 30.5 Å². The number of aliphatic hydroxyl groups is 1. The molecule has 1 N–H and O–H groups in total. The Morgan fingerprint density at radius 2 is 2.12 bits per heavy atom. The highest BCUT2D eigenvalue weighted by Gasteiger charge is 2.22. The van der Waals surface area contributed by atoms with Crippen molar-refractivity contribution in [2.75, 3.05) is 26.7 Å². The third-order valence-corrected chi connectivity index (χ3v) is 4.62. The molecule has 0 radical (unpaired) electrons. The molecule has 1 atom stereocenters. The van der Waals surface area contributed by atoms with Crippen molar-refractivity contribution in [3.63, 3.8) is 0 Å². The summed E-state index contributed by atoms with van der Waals surface area (Å²) in [6, 6.07) is 5.97. The van der Waals surface area contributed by atoms with Crippen LogP contribution >= 0.6 is 0 Å². The summed E-state index contributed by atoms with van der Waals surface area (Å²) in [6.07, 6.45) is 6.52. The number of hydrogen-bond acceptors (Lipinski definition) is 4. The molecule has 1 aromatic heterocycles. The highest BCUT2D eigenvalue weighted by molar-refractivity contribution is 5.97. The van der Waals surface area contributed by atoms with Crippen LogP contribution in [0.2, 0.25) is 0 Å². The normalized spacial score (nSPS) is 20.1. The van der Waals surface area contributed by atoms with E-state index in [1.54, 1.807) is 4.57 Å². The Labute approximate surface area is 154 Å². The predicted octanol–water partition coefficient (Wildman–Crippen LogP) is 3.53.